The summed E-state index contributed by atoms with van der Waals surface area (Å²) in [5.74, 6) is -0.432. The van der Waals surface area contributed by atoms with E-state index in [1.54, 1.807) is 30.3 Å². The highest BCUT2D eigenvalue weighted by atomic mass is 35.5. The van der Waals surface area contributed by atoms with Crippen LogP contribution in [0.3, 0.4) is 0 Å². The zero-order valence-electron chi connectivity index (χ0n) is 9.91. The molecule has 19 heavy (non-hydrogen) atoms. The second kappa shape index (κ2) is 6.24. The molecule has 0 aromatic heterocycles. The molecule has 0 aliphatic heterocycles. The van der Waals surface area contributed by atoms with E-state index in [0.29, 0.717) is 15.6 Å². The highest BCUT2D eigenvalue weighted by Crippen LogP contribution is 2.24. The van der Waals surface area contributed by atoms with E-state index in [9.17, 15) is 9.50 Å². The van der Waals surface area contributed by atoms with Gasteiger partial charge in [-0.25, -0.2) is 4.39 Å². The minimum atomic E-state index is -0.436. The molecule has 2 aromatic rings. The van der Waals surface area contributed by atoms with Crippen molar-refractivity contribution >= 4 is 28.9 Å². The Labute approximate surface area is 120 Å². The number of aliphatic hydroxyl groups is 1. The Morgan fingerprint density at radius 3 is 2.32 bits per heavy atom. The average Bonchev–Trinajstić information content (AvgIpc) is 2.37. The van der Waals surface area contributed by atoms with Crippen molar-refractivity contribution in [2.24, 2.45) is 0 Å². The predicted molar refractivity (Wildman–Crippen MR) is 76.3 cm³/mol. The second-order valence-electron chi connectivity index (χ2n) is 4.09. The largest absolute Gasteiger partial charge is 0.394 e. The van der Waals surface area contributed by atoms with Gasteiger partial charge in [-0.3, -0.25) is 0 Å². The first-order valence-electron chi connectivity index (χ1n) is 5.67. The lowest BCUT2D eigenvalue weighted by Crippen LogP contribution is -2.15. The van der Waals surface area contributed by atoms with E-state index in [4.69, 9.17) is 23.2 Å². The van der Waals surface area contributed by atoms with Crippen molar-refractivity contribution in [3.63, 3.8) is 0 Å². The highest BCUT2D eigenvalue weighted by molar-refractivity contribution is 6.30. The van der Waals surface area contributed by atoms with Crippen molar-refractivity contribution in [1.29, 1.82) is 0 Å². The van der Waals surface area contributed by atoms with Crippen LogP contribution in [0.5, 0.6) is 0 Å². The first-order valence-corrected chi connectivity index (χ1v) is 6.43. The van der Waals surface area contributed by atoms with Crippen molar-refractivity contribution in [1.82, 2.24) is 0 Å². The van der Waals surface area contributed by atoms with Crippen LogP contribution in [0.15, 0.2) is 42.5 Å². The monoisotopic (exact) mass is 299 g/mol. The molecule has 0 saturated heterocycles. The summed E-state index contributed by atoms with van der Waals surface area (Å²) in [6.07, 6.45) is 0. The van der Waals surface area contributed by atoms with Gasteiger partial charge in [0.1, 0.15) is 5.82 Å². The molecule has 2 nitrogen and oxygen atoms in total. The summed E-state index contributed by atoms with van der Waals surface area (Å²) < 4.78 is 13.3. The van der Waals surface area contributed by atoms with Crippen molar-refractivity contribution < 1.29 is 9.50 Å². The standard InChI is InChI=1S/C14H12Cl2FNO/c15-10-1-3-13(4-2-10)18-14(8-19)9-5-11(16)7-12(17)6-9/h1-7,14,18-19H,8H2. The van der Waals surface area contributed by atoms with Crippen LogP contribution >= 0.6 is 23.2 Å². The molecule has 0 spiro atoms. The van der Waals surface area contributed by atoms with E-state index in [0.717, 1.165) is 5.69 Å². The lowest BCUT2D eigenvalue weighted by atomic mass is 10.1. The van der Waals surface area contributed by atoms with Gasteiger partial charge in [-0.05, 0) is 48.0 Å². The summed E-state index contributed by atoms with van der Waals surface area (Å²) in [6.45, 7) is -0.178. The summed E-state index contributed by atoms with van der Waals surface area (Å²) >= 11 is 11.6. The molecule has 0 aliphatic carbocycles. The van der Waals surface area contributed by atoms with Gasteiger partial charge in [0.05, 0.1) is 12.6 Å². The van der Waals surface area contributed by atoms with Crippen LogP contribution in [0.1, 0.15) is 11.6 Å². The number of hydrogen-bond acceptors (Lipinski definition) is 2. The summed E-state index contributed by atoms with van der Waals surface area (Å²) in [4.78, 5) is 0. The average molecular weight is 300 g/mol. The van der Waals surface area contributed by atoms with Gasteiger partial charge in [-0.15, -0.1) is 0 Å². The fourth-order valence-electron chi connectivity index (χ4n) is 1.76. The molecule has 1 atom stereocenters. The Hall–Kier alpha value is -1.29. The van der Waals surface area contributed by atoms with Gasteiger partial charge >= 0.3 is 0 Å². The summed E-state index contributed by atoms with van der Waals surface area (Å²) in [7, 11) is 0. The lowest BCUT2D eigenvalue weighted by molar-refractivity contribution is 0.276. The quantitative estimate of drug-likeness (QED) is 0.883. The SMILES string of the molecule is OCC(Nc1ccc(Cl)cc1)c1cc(F)cc(Cl)c1. The van der Waals surface area contributed by atoms with E-state index in [-0.39, 0.29) is 6.61 Å². The third-order valence-corrected chi connectivity index (χ3v) is 3.13. The maximum Gasteiger partial charge on any atom is 0.125 e. The van der Waals surface area contributed by atoms with Gasteiger partial charge < -0.3 is 10.4 Å². The zero-order chi connectivity index (χ0) is 13.8. The molecule has 0 radical (unpaired) electrons. The van der Waals surface area contributed by atoms with Gasteiger partial charge in [-0.2, -0.15) is 0 Å². The first kappa shape index (κ1) is 14.1. The molecule has 0 amide bonds. The number of hydrogen-bond donors (Lipinski definition) is 2. The van der Waals surface area contributed by atoms with Crippen LogP contribution in [0.25, 0.3) is 0 Å². The smallest absolute Gasteiger partial charge is 0.125 e. The minimum Gasteiger partial charge on any atom is -0.394 e. The van der Waals surface area contributed by atoms with Gasteiger partial charge in [0.2, 0.25) is 0 Å². The van der Waals surface area contributed by atoms with Crippen LogP contribution in [-0.2, 0) is 0 Å². The van der Waals surface area contributed by atoms with Gasteiger partial charge in [0.15, 0.2) is 0 Å². The number of rotatable bonds is 4. The maximum absolute atomic E-state index is 13.3. The van der Waals surface area contributed by atoms with E-state index in [2.05, 4.69) is 5.32 Å². The van der Waals surface area contributed by atoms with Crippen LogP contribution in [-0.4, -0.2) is 11.7 Å². The molecular formula is C14H12Cl2FNO. The van der Waals surface area contributed by atoms with Gasteiger partial charge in [0, 0.05) is 15.7 Å². The maximum atomic E-state index is 13.3. The Kier molecular flexibility index (Phi) is 4.64. The highest BCUT2D eigenvalue weighted by Gasteiger charge is 2.12. The summed E-state index contributed by atoms with van der Waals surface area (Å²) in [5.41, 5.74) is 1.37. The van der Waals surface area contributed by atoms with Gasteiger partial charge in [-0.1, -0.05) is 23.2 Å². The fourth-order valence-corrected chi connectivity index (χ4v) is 2.11. The summed E-state index contributed by atoms with van der Waals surface area (Å²) in [6, 6.07) is 10.8. The van der Waals surface area contributed by atoms with Crippen molar-refractivity contribution in [2.45, 2.75) is 6.04 Å². The lowest BCUT2D eigenvalue weighted by Gasteiger charge is -2.18. The van der Waals surface area contributed by atoms with E-state index < -0.39 is 11.9 Å². The number of aliphatic hydroxyl groups excluding tert-OH is 1. The molecule has 2 N–H and O–H groups in total. The Morgan fingerprint density at radius 1 is 1.05 bits per heavy atom. The number of benzene rings is 2. The second-order valence-corrected chi connectivity index (χ2v) is 4.96. The molecule has 100 valence electrons. The number of anilines is 1. The summed E-state index contributed by atoms with van der Waals surface area (Å²) in [5, 5.41) is 13.4. The molecule has 0 fully saturated rings. The molecule has 1 unspecified atom stereocenters. The molecule has 2 rings (SSSR count). The zero-order valence-corrected chi connectivity index (χ0v) is 11.4. The van der Waals surface area contributed by atoms with Crippen molar-refractivity contribution in [3.8, 4) is 0 Å². The molecule has 0 heterocycles. The molecule has 0 aliphatic rings. The van der Waals surface area contributed by atoms with Crippen molar-refractivity contribution in [2.75, 3.05) is 11.9 Å². The Balaban J connectivity index is 2.22. The Bertz CT molecular complexity index is 540. The third-order valence-electron chi connectivity index (χ3n) is 2.65. The minimum absolute atomic E-state index is 0.178. The molecule has 0 bridgehead atoms. The molecule has 2 aromatic carbocycles. The van der Waals surface area contributed by atoms with Crippen LogP contribution < -0.4 is 5.32 Å². The van der Waals surface area contributed by atoms with Gasteiger partial charge in [0.25, 0.3) is 0 Å². The van der Waals surface area contributed by atoms with Crippen LogP contribution in [0.2, 0.25) is 10.0 Å². The predicted octanol–water partition coefficient (Wildman–Crippen LogP) is 4.28. The normalized spacial score (nSPS) is 12.2. The molecule has 5 heteroatoms. The Morgan fingerprint density at radius 2 is 1.74 bits per heavy atom. The van der Waals surface area contributed by atoms with Crippen molar-refractivity contribution in [3.05, 3.63) is 63.9 Å². The molecule has 0 saturated carbocycles. The van der Waals surface area contributed by atoms with Crippen LogP contribution in [0.4, 0.5) is 10.1 Å². The number of halogens is 3. The van der Waals surface area contributed by atoms with Crippen LogP contribution in [0, 0.1) is 5.82 Å². The first-order chi connectivity index (χ1) is 9.08. The number of nitrogens with one attached hydrogen (secondary N) is 1. The van der Waals surface area contributed by atoms with E-state index in [1.165, 1.54) is 12.1 Å². The fraction of sp³-hybridized carbons (Fsp3) is 0.143. The topological polar surface area (TPSA) is 32.3 Å². The third kappa shape index (κ3) is 3.83. The van der Waals surface area contributed by atoms with E-state index >= 15 is 0 Å². The molecular weight excluding hydrogens is 288 g/mol. The van der Waals surface area contributed by atoms with E-state index in [1.807, 2.05) is 0 Å².